The number of hydrogen-bond donors (Lipinski definition) is 1. The smallest absolute Gasteiger partial charge is 0.223 e. The van der Waals surface area contributed by atoms with E-state index in [1.807, 2.05) is 6.07 Å². The molecule has 0 unspecified atom stereocenters. The number of hydrogen-bond acceptors (Lipinski definition) is 3. The number of carbonyl (C=O) groups is 1. The topological polar surface area (TPSA) is 41.6 Å². The van der Waals surface area contributed by atoms with Crippen LogP contribution in [0.25, 0.3) is 0 Å². The fraction of sp³-hybridized carbons (Fsp3) is 0.611. The van der Waals surface area contributed by atoms with Gasteiger partial charge >= 0.3 is 0 Å². The van der Waals surface area contributed by atoms with Gasteiger partial charge in [-0.15, -0.1) is 0 Å². The van der Waals surface area contributed by atoms with E-state index in [4.69, 9.17) is 4.74 Å². The van der Waals surface area contributed by atoms with Gasteiger partial charge in [0, 0.05) is 25.6 Å². The number of morpholine rings is 1. The zero-order valence-electron chi connectivity index (χ0n) is 13.2. The zero-order valence-corrected chi connectivity index (χ0v) is 13.2. The van der Waals surface area contributed by atoms with Crippen molar-refractivity contribution in [2.75, 3.05) is 32.8 Å². The average Bonchev–Trinajstić information content (AvgIpc) is 3.11. The van der Waals surface area contributed by atoms with E-state index in [9.17, 15) is 4.79 Å². The van der Waals surface area contributed by atoms with Crippen molar-refractivity contribution in [3.8, 4) is 0 Å². The molecule has 2 fully saturated rings. The van der Waals surface area contributed by atoms with E-state index in [-0.39, 0.29) is 17.9 Å². The summed E-state index contributed by atoms with van der Waals surface area (Å²) in [6, 6.07) is 10.7. The van der Waals surface area contributed by atoms with Crippen LogP contribution < -0.4 is 5.32 Å². The van der Waals surface area contributed by atoms with Gasteiger partial charge in [-0.3, -0.25) is 9.69 Å². The number of carbonyl (C=O) groups excluding carboxylic acids is 1. The van der Waals surface area contributed by atoms with Crippen molar-refractivity contribution in [2.24, 2.45) is 5.92 Å². The lowest BCUT2D eigenvalue weighted by Gasteiger charge is -2.35. The monoisotopic (exact) mass is 302 g/mol. The highest BCUT2D eigenvalue weighted by atomic mass is 16.5. The van der Waals surface area contributed by atoms with Gasteiger partial charge in [-0.2, -0.15) is 0 Å². The van der Waals surface area contributed by atoms with Crippen molar-refractivity contribution in [3.63, 3.8) is 0 Å². The first-order chi connectivity index (χ1) is 10.8. The number of rotatable bonds is 5. The van der Waals surface area contributed by atoms with Crippen LogP contribution >= 0.6 is 0 Å². The molecule has 1 aliphatic heterocycles. The fourth-order valence-electron chi connectivity index (χ4n) is 3.55. The van der Waals surface area contributed by atoms with E-state index < -0.39 is 0 Å². The molecule has 22 heavy (non-hydrogen) atoms. The predicted octanol–water partition coefficient (Wildman–Crippen LogP) is 2.37. The van der Waals surface area contributed by atoms with Crippen LogP contribution in [0.2, 0.25) is 0 Å². The number of ether oxygens (including phenoxy) is 1. The molecule has 1 N–H and O–H groups in total. The van der Waals surface area contributed by atoms with Crippen LogP contribution in [-0.2, 0) is 9.53 Å². The highest BCUT2D eigenvalue weighted by Crippen LogP contribution is 2.25. The number of nitrogens with one attached hydrogen (secondary N) is 1. The Labute approximate surface area is 132 Å². The number of benzene rings is 1. The first-order valence-corrected chi connectivity index (χ1v) is 8.49. The Morgan fingerprint density at radius 3 is 2.55 bits per heavy atom. The first kappa shape index (κ1) is 15.5. The second-order valence-corrected chi connectivity index (χ2v) is 6.30. The Morgan fingerprint density at radius 2 is 1.86 bits per heavy atom. The van der Waals surface area contributed by atoms with Gasteiger partial charge in [-0.25, -0.2) is 0 Å². The molecule has 1 amide bonds. The molecule has 2 aliphatic rings. The minimum Gasteiger partial charge on any atom is -0.379 e. The van der Waals surface area contributed by atoms with Crippen molar-refractivity contribution in [1.29, 1.82) is 0 Å². The minimum absolute atomic E-state index is 0.237. The Morgan fingerprint density at radius 1 is 1.18 bits per heavy atom. The van der Waals surface area contributed by atoms with E-state index in [1.54, 1.807) is 0 Å². The molecule has 3 rings (SSSR count). The summed E-state index contributed by atoms with van der Waals surface area (Å²) in [6.45, 7) is 4.11. The quantitative estimate of drug-likeness (QED) is 0.908. The molecule has 0 spiro atoms. The highest BCUT2D eigenvalue weighted by molar-refractivity contribution is 5.78. The lowest BCUT2D eigenvalue weighted by molar-refractivity contribution is -0.125. The fourth-order valence-corrected chi connectivity index (χ4v) is 3.55. The van der Waals surface area contributed by atoms with Gasteiger partial charge in [0.1, 0.15) is 0 Å². The summed E-state index contributed by atoms with van der Waals surface area (Å²) >= 11 is 0. The van der Waals surface area contributed by atoms with Crippen LogP contribution in [0.5, 0.6) is 0 Å². The lowest BCUT2D eigenvalue weighted by Crippen LogP contribution is -2.44. The molecule has 0 radical (unpaired) electrons. The van der Waals surface area contributed by atoms with Crippen LogP contribution in [0, 0.1) is 5.92 Å². The number of nitrogens with zero attached hydrogens (tertiary/aromatic N) is 1. The average molecular weight is 302 g/mol. The summed E-state index contributed by atoms with van der Waals surface area (Å²) in [5.41, 5.74) is 1.27. The summed E-state index contributed by atoms with van der Waals surface area (Å²) in [7, 11) is 0. The van der Waals surface area contributed by atoms with Gasteiger partial charge in [0.2, 0.25) is 5.91 Å². The number of amides is 1. The second-order valence-electron chi connectivity index (χ2n) is 6.30. The molecule has 120 valence electrons. The molecular weight excluding hydrogens is 276 g/mol. The molecule has 1 aromatic rings. The Bertz CT molecular complexity index is 465. The standard InChI is InChI=1S/C18H26N2O2/c21-18(16-8-4-5-9-16)19-14-17(15-6-2-1-3-7-15)20-10-12-22-13-11-20/h1-3,6-7,16-17H,4-5,8-14H2,(H,19,21)/t17-/m0/s1. The first-order valence-electron chi connectivity index (χ1n) is 8.49. The minimum atomic E-state index is 0.237. The molecule has 0 bridgehead atoms. The maximum absolute atomic E-state index is 12.3. The van der Waals surface area contributed by atoms with Gasteiger partial charge in [-0.1, -0.05) is 43.2 Å². The van der Waals surface area contributed by atoms with E-state index in [0.29, 0.717) is 6.54 Å². The third-order valence-corrected chi connectivity index (χ3v) is 4.87. The van der Waals surface area contributed by atoms with Crippen molar-refractivity contribution >= 4 is 5.91 Å². The van der Waals surface area contributed by atoms with E-state index in [1.165, 1.54) is 18.4 Å². The second kappa shape index (κ2) is 7.75. The van der Waals surface area contributed by atoms with Gasteiger partial charge in [0.05, 0.1) is 19.3 Å². The van der Waals surface area contributed by atoms with Crippen molar-refractivity contribution < 1.29 is 9.53 Å². The zero-order chi connectivity index (χ0) is 15.2. The van der Waals surface area contributed by atoms with Crippen molar-refractivity contribution in [2.45, 2.75) is 31.7 Å². The Kier molecular flexibility index (Phi) is 5.46. The third kappa shape index (κ3) is 3.87. The summed E-state index contributed by atoms with van der Waals surface area (Å²) in [5, 5.41) is 3.20. The lowest BCUT2D eigenvalue weighted by atomic mass is 10.0. The summed E-state index contributed by atoms with van der Waals surface area (Å²) in [5.74, 6) is 0.479. The van der Waals surface area contributed by atoms with E-state index in [0.717, 1.165) is 39.1 Å². The molecule has 1 aliphatic carbocycles. The molecule has 1 aromatic carbocycles. The van der Waals surface area contributed by atoms with Crippen LogP contribution in [0.1, 0.15) is 37.3 Å². The third-order valence-electron chi connectivity index (χ3n) is 4.87. The van der Waals surface area contributed by atoms with Crippen molar-refractivity contribution in [1.82, 2.24) is 10.2 Å². The van der Waals surface area contributed by atoms with Crippen LogP contribution in [-0.4, -0.2) is 43.7 Å². The van der Waals surface area contributed by atoms with Gasteiger partial charge < -0.3 is 10.1 Å². The molecule has 1 heterocycles. The van der Waals surface area contributed by atoms with E-state index in [2.05, 4.69) is 34.5 Å². The maximum Gasteiger partial charge on any atom is 0.223 e. The molecule has 4 nitrogen and oxygen atoms in total. The maximum atomic E-state index is 12.3. The van der Waals surface area contributed by atoms with Crippen LogP contribution in [0.4, 0.5) is 0 Å². The largest absolute Gasteiger partial charge is 0.379 e. The van der Waals surface area contributed by atoms with Crippen LogP contribution in [0.3, 0.4) is 0 Å². The summed E-state index contributed by atoms with van der Waals surface area (Å²) < 4.78 is 5.46. The molecule has 4 heteroatoms. The molecule has 1 saturated heterocycles. The Hall–Kier alpha value is -1.39. The normalized spacial score (nSPS) is 21.6. The molecule has 1 saturated carbocycles. The summed E-state index contributed by atoms with van der Waals surface area (Å²) in [6.07, 6.45) is 4.51. The van der Waals surface area contributed by atoms with Gasteiger partial charge in [-0.05, 0) is 18.4 Å². The Balaban J connectivity index is 1.64. The van der Waals surface area contributed by atoms with E-state index >= 15 is 0 Å². The SMILES string of the molecule is O=C(NC[C@@H](c1ccccc1)N1CCOCC1)C1CCCC1. The van der Waals surface area contributed by atoms with Gasteiger partial charge in [0.25, 0.3) is 0 Å². The molecule has 1 atom stereocenters. The van der Waals surface area contributed by atoms with Crippen LogP contribution in [0.15, 0.2) is 30.3 Å². The summed E-state index contributed by atoms with van der Waals surface area (Å²) in [4.78, 5) is 14.7. The van der Waals surface area contributed by atoms with Crippen molar-refractivity contribution in [3.05, 3.63) is 35.9 Å². The molecular formula is C18H26N2O2. The predicted molar refractivity (Wildman–Crippen MR) is 86.5 cm³/mol. The van der Waals surface area contributed by atoms with Gasteiger partial charge in [0.15, 0.2) is 0 Å². The highest BCUT2D eigenvalue weighted by Gasteiger charge is 2.26. The molecule has 0 aromatic heterocycles.